The Morgan fingerprint density at radius 2 is 2.05 bits per heavy atom. The van der Waals surface area contributed by atoms with Crippen molar-refractivity contribution in [3.05, 3.63) is 52.7 Å². The maximum absolute atomic E-state index is 11.9. The minimum Gasteiger partial charge on any atom is -0.497 e. The number of ether oxygens (including phenoxy) is 1. The third-order valence-electron chi connectivity index (χ3n) is 3.17. The molecule has 0 spiro atoms. The van der Waals surface area contributed by atoms with Crippen LogP contribution >= 0.6 is 0 Å². The first-order chi connectivity index (χ1) is 9.15. The first-order valence-electron chi connectivity index (χ1n) is 6.30. The predicted octanol–water partition coefficient (Wildman–Crippen LogP) is 1.38. The molecule has 5 heteroatoms. The standard InChI is InChI=1S/C14H19N3O2/c1-3-16-7-8-17(14(16)18)10-13(15)11-5-4-6-12(9-11)19-2/h4-9,13H,3,10,15H2,1-2H3. The van der Waals surface area contributed by atoms with Gasteiger partial charge in [-0.3, -0.25) is 9.13 Å². The molecule has 0 radical (unpaired) electrons. The Kier molecular flexibility index (Phi) is 4.06. The summed E-state index contributed by atoms with van der Waals surface area (Å²) in [6.45, 7) is 3.06. The van der Waals surface area contributed by atoms with Gasteiger partial charge >= 0.3 is 5.69 Å². The molecule has 0 bridgehead atoms. The number of rotatable bonds is 5. The molecule has 0 saturated heterocycles. The molecule has 2 N–H and O–H groups in total. The second-order valence-electron chi connectivity index (χ2n) is 4.40. The zero-order valence-corrected chi connectivity index (χ0v) is 11.2. The highest BCUT2D eigenvalue weighted by Gasteiger charge is 2.10. The number of hydrogen-bond acceptors (Lipinski definition) is 3. The summed E-state index contributed by atoms with van der Waals surface area (Å²) in [6.07, 6.45) is 3.55. The number of aromatic nitrogens is 2. The van der Waals surface area contributed by atoms with Gasteiger partial charge < -0.3 is 10.5 Å². The van der Waals surface area contributed by atoms with Crippen LogP contribution in [0.4, 0.5) is 0 Å². The van der Waals surface area contributed by atoms with E-state index in [0.717, 1.165) is 11.3 Å². The molecule has 1 heterocycles. The van der Waals surface area contributed by atoms with Crippen molar-refractivity contribution in [1.82, 2.24) is 9.13 Å². The van der Waals surface area contributed by atoms with Gasteiger partial charge in [0.25, 0.3) is 0 Å². The first kappa shape index (κ1) is 13.4. The number of hydrogen-bond donors (Lipinski definition) is 1. The Morgan fingerprint density at radius 3 is 2.68 bits per heavy atom. The number of nitrogens with zero attached hydrogens (tertiary/aromatic N) is 2. The van der Waals surface area contributed by atoms with Crippen LogP contribution in [0.3, 0.4) is 0 Å². The monoisotopic (exact) mass is 261 g/mol. The molecule has 2 rings (SSSR count). The van der Waals surface area contributed by atoms with Gasteiger partial charge in [-0.05, 0) is 24.6 Å². The van der Waals surface area contributed by atoms with Crippen molar-refractivity contribution in [2.45, 2.75) is 26.1 Å². The summed E-state index contributed by atoms with van der Waals surface area (Å²) in [6, 6.07) is 7.37. The van der Waals surface area contributed by atoms with Crippen LogP contribution < -0.4 is 16.2 Å². The van der Waals surface area contributed by atoms with E-state index in [4.69, 9.17) is 10.5 Å². The lowest BCUT2D eigenvalue weighted by atomic mass is 10.1. The van der Waals surface area contributed by atoms with E-state index in [1.807, 2.05) is 31.2 Å². The summed E-state index contributed by atoms with van der Waals surface area (Å²) in [5, 5.41) is 0. The molecule has 1 atom stereocenters. The quantitative estimate of drug-likeness (QED) is 0.884. The molecule has 19 heavy (non-hydrogen) atoms. The Labute approximate surface area is 112 Å². The van der Waals surface area contributed by atoms with Crippen LogP contribution in [0.2, 0.25) is 0 Å². The number of methoxy groups -OCH3 is 1. The van der Waals surface area contributed by atoms with E-state index in [1.165, 1.54) is 0 Å². The first-order valence-corrected chi connectivity index (χ1v) is 6.30. The van der Waals surface area contributed by atoms with E-state index in [9.17, 15) is 4.79 Å². The Hall–Kier alpha value is -2.01. The van der Waals surface area contributed by atoms with Crippen molar-refractivity contribution in [2.24, 2.45) is 5.73 Å². The molecule has 1 aromatic carbocycles. The largest absolute Gasteiger partial charge is 0.497 e. The van der Waals surface area contributed by atoms with Crippen molar-refractivity contribution < 1.29 is 4.74 Å². The lowest BCUT2D eigenvalue weighted by Gasteiger charge is -2.13. The van der Waals surface area contributed by atoms with Gasteiger partial charge in [0, 0.05) is 31.5 Å². The lowest BCUT2D eigenvalue weighted by molar-refractivity contribution is 0.413. The highest BCUT2D eigenvalue weighted by molar-refractivity contribution is 5.30. The molecule has 0 aliphatic carbocycles. The zero-order chi connectivity index (χ0) is 13.8. The fourth-order valence-corrected chi connectivity index (χ4v) is 2.02. The number of aryl methyl sites for hydroxylation is 1. The molecule has 5 nitrogen and oxygen atoms in total. The maximum Gasteiger partial charge on any atom is 0.328 e. The number of nitrogens with two attached hydrogens (primary N) is 1. The minimum atomic E-state index is -0.236. The Bertz CT molecular complexity index is 601. The zero-order valence-electron chi connectivity index (χ0n) is 11.2. The summed E-state index contributed by atoms with van der Waals surface area (Å²) in [7, 11) is 1.62. The van der Waals surface area contributed by atoms with Crippen molar-refractivity contribution >= 4 is 0 Å². The smallest absolute Gasteiger partial charge is 0.328 e. The van der Waals surface area contributed by atoms with Crippen molar-refractivity contribution in [1.29, 1.82) is 0 Å². The summed E-state index contributed by atoms with van der Waals surface area (Å²) >= 11 is 0. The van der Waals surface area contributed by atoms with E-state index < -0.39 is 0 Å². The Balaban J connectivity index is 2.18. The van der Waals surface area contributed by atoms with Crippen LogP contribution in [-0.4, -0.2) is 16.2 Å². The molecular weight excluding hydrogens is 242 g/mol. The van der Waals surface area contributed by atoms with E-state index in [2.05, 4.69) is 0 Å². The average molecular weight is 261 g/mol. The maximum atomic E-state index is 11.9. The van der Waals surface area contributed by atoms with Gasteiger partial charge in [0.05, 0.1) is 7.11 Å². The van der Waals surface area contributed by atoms with Crippen LogP contribution in [-0.2, 0) is 13.1 Å². The van der Waals surface area contributed by atoms with Crippen LogP contribution in [0.25, 0.3) is 0 Å². The van der Waals surface area contributed by atoms with E-state index in [1.54, 1.807) is 28.6 Å². The predicted molar refractivity (Wildman–Crippen MR) is 74.3 cm³/mol. The summed E-state index contributed by atoms with van der Waals surface area (Å²) in [4.78, 5) is 11.9. The van der Waals surface area contributed by atoms with Crippen LogP contribution in [0.15, 0.2) is 41.5 Å². The molecule has 0 amide bonds. The van der Waals surface area contributed by atoms with Gasteiger partial charge in [-0.15, -0.1) is 0 Å². The highest BCUT2D eigenvalue weighted by atomic mass is 16.5. The van der Waals surface area contributed by atoms with Crippen molar-refractivity contribution in [3.8, 4) is 5.75 Å². The highest BCUT2D eigenvalue weighted by Crippen LogP contribution is 2.18. The van der Waals surface area contributed by atoms with Crippen molar-refractivity contribution in [2.75, 3.05) is 7.11 Å². The summed E-state index contributed by atoms with van der Waals surface area (Å²) < 4.78 is 8.46. The number of imidazole rings is 1. The summed E-state index contributed by atoms with van der Waals surface area (Å²) in [5.74, 6) is 0.770. The normalized spacial score (nSPS) is 12.4. The van der Waals surface area contributed by atoms with Gasteiger partial charge in [0.1, 0.15) is 5.75 Å². The molecule has 0 saturated carbocycles. The second-order valence-corrected chi connectivity index (χ2v) is 4.40. The van der Waals surface area contributed by atoms with Gasteiger partial charge in [0.2, 0.25) is 0 Å². The van der Waals surface area contributed by atoms with Gasteiger partial charge in [-0.1, -0.05) is 12.1 Å². The molecule has 1 aromatic heterocycles. The minimum absolute atomic E-state index is 0.0270. The fourth-order valence-electron chi connectivity index (χ4n) is 2.02. The Morgan fingerprint density at radius 1 is 1.32 bits per heavy atom. The van der Waals surface area contributed by atoms with Gasteiger partial charge in [-0.2, -0.15) is 0 Å². The van der Waals surface area contributed by atoms with Crippen molar-refractivity contribution in [3.63, 3.8) is 0 Å². The molecule has 0 aliphatic rings. The molecule has 2 aromatic rings. The fraction of sp³-hybridized carbons (Fsp3) is 0.357. The molecule has 1 unspecified atom stereocenters. The number of benzene rings is 1. The van der Waals surface area contributed by atoms with Gasteiger partial charge in [0.15, 0.2) is 0 Å². The summed E-state index contributed by atoms with van der Waals surface area (Å²) in [5.41, 5.74) is 7.07. The SMILES string of the molecule is CCn1ccn(CC(N)c2cccc(OC)c2)c1=O. The average Bonchev–Trinajstić information content (AvgIpc) is 2.79. The van der Waals surface area contributed by atoms with Crippen LogP contribution in [0.5, 0.6) is 5.75 Å². The molecule has 0 aliphatic heterocycles. The lowest BCUT2D eigenvalue weighted by Crippen LogP contribution is -2.28. The van der Waals surface area contributed by atoms with Crippen LogP contribution in [0.1, 0.15) is 18.5 Å². The van der Waals surface area contributed by atoms with Gasteiger partial charge in [-0.25, -0.2) is 4.79 Å². The second kappa shape index (κ2) is 5.75. The van der Waals surface area contributed by atoms with E-state index in [0.29, 0.717) is 13.1 Å². The topological polar surface area (TPSA) is 62.2 Å². The third-order valence-corrected chi connectivity index (χ3v) is 3.17. The molecular formula is C14H19N3O2. The third kappa shape index (κ3) is 2.88. The van der Waals surface area contributed by atoms with Crippen LogP contribution in [0, 0.1) is 0 Å². The molecule has 0 fully saturated rings. The van der Waals surface area contributed by atoms with E-state index in [-0.39, 0.29) is 11.7 Å². The van der Waals surface area contributed by atoms with E-state index >= 15 is 0 Å². The molecule has 102 valence electrons.